The van der Waals surface area contributed by atoms with Gasteiger partial charge >= 0.3 is 0 Å². The summed E-state index contributed by atoms with van der Waals surface area (Å²) in [5.74, 6) is 3.26. The van der Waals surface area contributed by atoms with Crippen molar-refractivity contribution in [3.8, 4) is 18.1 Å². The summed E-state index contributed by atoms with van der Waals surface area (Å²) in [6, 6.07) is 12.4. The van der Waals surface area contributed by atoms with Crippen molar-refractivity contribution in [2.45, 2.75) is 17.9 Å². The summed E-state index contributed by atoms with van der Waals surface area (Å²) in [4.78, 5) is 17.9. The number of benzene rings is 2. The van der Waals surface area contributed by atoms with Crippen LogP contribution in [0.4, 0.5) is 4.39 Å². The number of hydrogen-bond donors (Lipinski definition) is 0. The zero-order valence-corrected chi connectivity index (χ0v) is 16.3. The standard InChI is InChI=1S/C20H17FN2O2S2/c1-3-12-23-19-16(21)5-4-6-17(19)27-20(23)22-18(24)11-13-26-15-9-7-14(25-2)8-10-15/h1,4-10H,11-13H2,2H3. The molecule has 0 spiro atoms. The number of methoxy groups -OCH3 is 1. The predicted molar refractivity (Wildman–Crippen MR) is 108 cm³/mol. The first-order valence-corrected chi connectivity index (χ1v) is 9.98. The summed E-state index contributed by atoms with van der Waals surface area (Å²) < 4.78 is 21.6. The van der Waals surface area contributed by atoms with Crippen LogP contribution in [0.2, 0.25) is 0 Å². The van der Waals surface area contributed by atoms with E-state index in [1.807, 2.05) is 24.3 Å². The number of carbonyl (C=O) groups is 1. The molecule has 138 valence electrons. The van der Waals surface area contributed by atoms with Crippen LogP contribution in [-0.4, -0.2) is 23.3 Å². The predicted octanol–water partition coefficient (Wildman–Crippen LogP) is 4.09. The first-order chi connectivity index (χ1) is 13.1. The number of rotatable bonds is 6. The highest BCUT2D eigenvalue weighted by molar-refractivity contribution is 7.99. The van der Waals surface area contributed by atoms with Crippen LogP contribution in [0.5, 0.6) is 5.75 Å². The second-order valence-corrected chi connectivity index (χ2v) is 7.72. The molecule has 3 aromatic rings. The van der Waals surface area contributed by atoms with E-state index in [4.69, 9.17) is 11.2 Å². The van der Waals surface area contributed by atoms with Gasteiger partial charge in [0.25, 0.3) is 0 Å². The number of aromatic nitrogens is 1. The molecule has 1 heterocycles. The van der Waals surface area contributed by atoms with Crippen molar-refractivity contribution in [3.63, 3.8) is 0 Å². The molecule has 0 saturated carbocycles. The maximum atomic E-state index is 14.1. The third-order valence-electron chi connectivity index (χ3n) is 3.77. The number of thioether (sulfide) groups is 1. The fourth-order valence-corrected chi connectivity index (χ4v) is 4.40. The summed E-state index contributed by atoms with van der Waals surface area (Å²) in [5.41, 5.74) is 0.389. The maximum Gasteiger partial charge on any atom is 0.249 e. The van der Waals surface area contributed by atoms with Crippen molar-refractivity contribution in [1.82, 2.24) is 4.57 Å². The second-order valence-electron chi connectivity index (χ2n) is 5.54. The lowest BCUT2D eigenvalue weighted by molar-refractivity contribution is -0.117. The number of hydrogen-bond acceptors (Lipinski definition) is 4. The Morgan fingerprint density at radius 2 is 2.11 bits per heavy atom. The van der Waals surface area contributed by atoms with Gasteiger partial charge in [-0.3, -0.25) is 4.79 Å². The van der Waals surface area contributed by atoms with E-state index in [2.05, 4.69) is 10.9 Å². The molecule has 27 heavy (non-hydrogen) atoms. The Morgan fingerprint density at radius 1 is 1.33 bits per heavy atom. The largest absolute Gasteiger partial charge is 0.497 e. The number of ether oxygens (including phenoxy) is 1. The molecule has 0 bridgehead atoms. The molecular weight excluding hydrogens is 383 g/mol. The van der Waals surface area contributed by atoms with E-state index in [1.165, 1.54) is 17.4 Å². The van der Waals surface area contributed by atoms with Gasteiger partial charge in [0.05, 0.1) is 23.9 Å². The number of nitrogens with zero attached hydrogens (tertiary/aromatic N) is 2. The Kier molecular flexibility index (Phi) is 6.32. The monoisotopic (exact) mass is 400 g/mol. The minimum Gasteiger partial charge on any atom is -0.497 e. The van der Waals surface area contributed by atoms with Crippen molar-refractivity contribution in [2.24, 2.45) is 4.99 Å². The molecule has 3 rings (SSSR count). The Balaban J connectivity index is 1.73. The maximum absolute atomic E-state index is 14.1. The zero-order valence-electron chi connectivity index (χ0n) is 14.6. The molecule has 0 radical (unpaired) electrons. The molecule has 1 aromatic heterocycles. The minimum atomic E-state index is -0.372. The molecule has 0 fully saturated rings. The van der Waals surface area contributed by atoms with Crippen LogP contribution in [0, 0.1) is 18.2 Å². The van der Waals surface area contributed by atoms with E-state index in [0.29, 0.717) is 20.8 Å². The van der Waals surface area contributed by atoms with Crippen molar-refractivity contribution in [3.05, 3.63) is 53.1 Å². The first kappa shape index (κ1) is 19.2. The van der Waals surface area contributed by atoms with E-state index in [9.17, 15) is 9.18 Å². The summed E-state index contributed by atoms with van der Waals surface area (Å²) >= 11 is 2.83. The van der Waals surface area contributed by atoms with Crippen LogP contribution in [0.25, 0.3) is 10.2 Å². The van der Waals surface area contributed by atoms with Crippen LogP contribution >= 0.6 is 23.1 Å². The van der Waals surface area contributed by atoms with Gasteiger partial charge in [0, 0.05) is 17.1 Å². The lowest BCUT2D eigenvalue weighted by atomic mass is 10.3. The van der Waals surface area contributed by atoms with Gasteiger partial charge in [-0.2, -0.15) is 4.99 Å². The Bertz CT molecular complexity index is 1060. The van der Waals surface area contributed by atoms with Gasteiger partial charge in [-0.15, -0.1) is 18.2 Å². The van der Waals surface area contributed by atoms with E-state index < -0.39 is 0 Å². The molecule has 0 atom stereocenters. The molecule has 2 aromatic carbocycles. The average Bonchev–Trinajstić information content (AvgIpc) is 3.01. The van der Waals surface area contributed by atoms with Crippen LogP contribution in [0.15, 0.2) is 52.4 Å². The van der Waals surface area contributed by atoms with E-state index in [1.54, 1.807) is 35.6 Å². The van der Waals surface area contributed by atoms with E-state index >= 15 is 0 Å². The molecular formula is C20H17FN2O2S2. The first-order valence-electron chi connectivity index (χ1n) is 8.18. The highest BCUT2D eigenvalue weighted by Gasteiger charge is 2.11. The summed E-state index contributed by atoms with van der Waals surface area (Å²) in [5, 5.41) is 0. The molecule has 0 aliphatic heterocycles. The number of para-hydroxylation sites is 1. The lowest BCUT2D eigenvalue weighted by Crippen LogP contribution is -2.17. The number of carbonyl (C=O) groups excluding carboxylic acids is 1. The van der Waals surface area contributed by atoms with Gasteiger partial charge in [-0.05, 0) is 36.4 Å². The minimum absolute atomic E-state index is 0.160. The SMILES string of the molecule is C#CCn1c(=NC(=O)CCSc2ccc(OC)cc2)sc2cccc(F)c21. The van der Waals surface area contributed by atoms with E-state index in [-0.39, 0.29) is 24.7 Å². The third kappa shape index (κ3) is 4.59. The van der Waals surface area contributed by atoms with Gasteiger partial charge in [-0.1, -0.05) is 23.3 Å². The summed E-state index contributed by atoms with van der Waals surface area (Å²) in [6.07, 6.45) is 5.68. The third-order valence-corrected chi connectivity index (χ3v) is 5.82. The quantitative estimate of drug-likeness (QED) is 0.462. The van der Waals surface area contributed by atoms with Crippen LogP contribution < -0.4 is 9.54 Å². The molecule has 7 heteroatoms. The fourth-order valence-electron chi connectivity index (χ4n) is 2.50. The highest BCUT2D eigenvalue weighted by Crippen LogP contribution is 2.22. The molecule has 0 aliphatic carbocycles. The number of fused-ring (bicyclic) bond motifs is 1. The Morgan fingerprint density at radius 3 is 2.81 bits per heavy atom. The number of halogens is 1. The van der Waals surface area contributed by atoms with E-state index in [0.717, 1.165) is 10.6 Å². The Hall–Kier alpha value is -2.56. The van der Waals surface area contributed by atoms with Gasteiger partial charge < -0.3 is 9.30 Å². The van der Waals surface area contributed by atoms with Gasteiger partial charge in [0.2, 0.25) is 5.91 Å². The van der Waals surface area contributed by atoms with Crippen LogP contribution in [0.3, 0.4) is 0 Å². The zero-order chi connectivity index (χ0) is 19.2. The summed E-state index contributed by atoms with van der Waals surface area (Å²) in [6.45, 7) is 0.160. The fraction of sp³-hybridized carbons (Fsp3) is 0.200. The highest BCUT2D eigenvalue weighted by atomic mass is 32.2. The molecule has 0 saturated heterocycles. The second kappa shape index (κ2) is 8.89. The average molecular weight is 401 g/mol. The van der Waals surface area contributed by atoms with Crippen molar-refractivity contribution in [1.29, 1.82) is 0 Å². The molecule has 4 nitrogen and oxygen atoms in total. The van der Waals surface area contributed by atoms with Gasteiger partial charge in [-0.25, -0.2) is 4.39 Å². The summed E-state index contributed by atoms with van der Waals surface area (Å²) in [7, 11) is 1.62. The molecule has 0 aliphatic rings. The van der Waals surface area contributed by atoms with Gasteiger partial charge in [0.15, 0.2) is 4.80 Å². The molecule has 1 amide bonds. The van der Waals surface area contributed by atoms with Crippen molar-refractivity contribution < 1.29 is 13.9 Å². The topological polar surface area (TPSA) is 43.6 Å². The van der Waals surface area contributed by atoms with Gasteiger partial charge in [0.1, 0.15) is 11.6 Å². The van der Waals surface area contributed by atoms with Crippen molar-refractivity contribution >= 4 is 39.2 Å². The normalized spacial score (nSPS) is 11.5. The van der Waals surface area contributed by atoms with Crippen molar-refractivity contribution in [2.75, 3.05) is 12.9 Å². The Labute approximate surface area is 164 Å². The number of terminal acetylenes is 1. The molecule has 0 unspecified atom stereocenters. The molecule has 0 N–H and O–H groups in total. The number of thiazole rings is 1. The van der Waals surface area contributed by atoms with Crippen LogP contribution in [-0.2, 0) is 11.3 Å². The number of amides is 1. The lowest BCUT2D eigenvalue weighted by Gasteiger charge is -2.02. The van der Waals surface area contributed by atoms with Crippen LogP contribution in [0.1, 0.15) is 6.42 Å². The smallest absolute Gasteiger partial charge is 0.249 e.